The summed E-state index contributed by atoms with van der Waals surface area (Å²) in [6, 6.07) is -0.516. The number of thioether (sulfide) groups is 1. The molecule has 6 heteroatoms. The van der Waals surface area contributed by atoms with E-state index in [4.69, 9.17) is 0 Å². The standard InChI is InChI=1S/C9H18N2O2S2/c1-7(12)10-8(6-14)9(13)11(2)4-5-15-3/h8,14H,4-6H2,1-3H3,(H,10,12). The van der Waals surface area contributed by atoms with Gasteiger partial charge < -0.3 is 10.2 Å². The number of likely N-dealkylation sites (N-methyl/N-ethyl adjacent to an activating group) is 1. The topological polar surface area (TPSA) is 49.4 Å². The van der Waals surface area contributed by atoms with Gasteiger partial charge in [-0.1, -0.05) is 0 Å². The molecular weight excluding hydrogens is 232 g/mol. The van der Waals surface area contributed by atoms with Gasteiger partial charge in [0.25, 0.3) is 0 Å². The van der Waals surface area contributed by atoms with Crippen molar-refractivity contribution in [1.82, 2.24) is 10.2 Å². The zero-order valence-corrected chi connectivity index (χ0v) is 11.0. The van der Waals surface area contributed by atoms with E-state index in [1.165, 1.54) is 6.92 Å². The minimum absolute atomic E-state index is 0.0887. The normalized spacial score (nSPS) is 12.0. The number of carbonyl (C=O) groups is 2. The molecule has 0 spiro atoms. The molecule has 1 atom stereocenters. The van der Waals surface area contributed by atoms with Crippen LogP contribution in [0.2, 0.25) is 0 Å². The molecule has 0 heterocycles. The Morgan fingerprint density at radius 3 is 2.53 bits per heavy atom. The Morgan fingerprint density at radius 2 is 2.13 bits per heavy atom. The molecular formula is C9H18N2O2S2. The smallest absolute Gasteiger partial charge is 0.245 e. The van der Waals surface area contributed by atoms with E-state index in [1.807, 2.05) is 6.26 Å². The molecule has 15 heavy (non-hydrogen) atoms. The molecule has 0 saturated heterocycles. The number of carbonyl (C=O) groups excluding carboxylic acids is 2. The lowest BCUT2D eigenvalue weighted by atomic mass is 10.3. The third-order valence-corrected chi connectivity index (χ3v) is 2.82. The second-order valence-electron chi connectivity index (χ2n) is 3.19. The summed E-state index contributed by atoms with van der Waals surface area (Å²) >= 11 is 5.73. The first-order valence-corrected chi connectivity index (χ1v) is 6.67. The Balaban J connectivity index is 4.17. The fourth-order valence-corrected chi connectivity index (χ4v) is 1.74. The van der Waals surface area contributed by atoms with E-state index in [2.05, 4.69) is 17.9 Å². The molecule has 0 aliphatic carbocycles. The summed E-state index contributed by atoms with van der Waals surface area (Å²) in [5, 5.41) is 2.57. The van der Waals surface area contributed by atoms with E-state index >= 15 is 0 Å². The van der Waals surface area contributed by atoms with Crippen molar-refractivity contribution >= 4 is 36.2 Å². The Kier molecular flexibility index (Phi) is 7.68. The Hall–Kier alpha value is -0.360. The van der Waals surface area contributed by atoms with E-state index < -0.39 is 6.04 Å². The minimum Gasteiger partial charge on any atom is -0.344 e. The fourth-order valence-electron chi connectivity index (χ4n) is 1.04. The van der Waals surface area contributed by atoms with Crippen molar-refractivity contribution < 1.29 is 9.59 Å². The van der Waals surface area contributed by atoms with Gasteiger partial charge in [0.05, 0.1) is 0 Å². The van der Waals surface area contributed by atoms with Crippen LogP contribution in [0.3, 0.4) is 0 Å². The molecule has 0 fully saturated rings. The molecule has 1 N–H and O–H groups in total. The van der Waals surface area contributed by atoms with Gasteiger partial charge in [-0.15, -0.1) is 0 Å². The Bertz CT molecular complexity index is 224. The van der Waals surface area contributed by atoms with E-state index in [0.29, 0.717) is 12.3 Å². The summed E-state index contributed by atoms with van der Waals surface area (Å²) in [6.45, 7) is 2.08. The highest BCUT2D eigenvalue weighted by Crippen LogP contribution is 1.98. The van der Waals surface area contributed by atoms with E-state index in [0.717, 1.165) is 5.75 Å². The van der Waals surface area contributed by atoms with Gasteiger partial charge in [-0.25, -0.2) is 0 Å². The molecule has 1 unspecified atom stereocenters. The van der Waals surface area contributed by atoms with E-state index in [-0.39, 0.29) is 11.8 Å². The first kappa shape index (κ1) is 14.6. The van der Waals surface area contributed by atoms with Crippen LogP contribution in [-0.4, -0.2) is 54.1 Å². The largest absolute Gasteiger partial charge is 0.344 e. The van der Waals surface area contributed by atoms with Crippen molar-refractivity contribution in [3.05, 3.63) is 0 Å². The molecule has 4 nitrogen and oxygen atoms in total. The van der Waals surface area contributed by atoms with Gasteiger partial charge in [-0.2, -0.15) is 24.4 Å². The molecule has 0 aromatic rings. The molecule has 0 radical (unpaired) electrons. The molecule has 0 aliphatic rings. The highest BCUT2D eigenvalue weighted by Gasteiger charge is 2.20. The highest BCUT2D eigenvalue weighted by atomic mass is 32.2. The predicted octanol–water partition coefficient (Wildman–Crippen LogP) is 0.242. The number of rotatable bonds is 6. The Labute approximate surface area is 101 Å². The van der Waals surface area contributed by atoms with Crippen LogP contribution in [0.1, 0.15) is 6.92 Å². The molecule has 0 saturated carbocycles. The first-order chi connectivity index (χ1) is 7.02. The van der Waals surface area contributed by atoms with Gasteiger partial charge in [-0.05, 0) is 6.26 Å². The lowest BCUT2D eigenvalue weighted by Crippen LogP contribution is -2.48. The molecule has 0 aromatic carbocycles. The molecule has 0 bridgehead atoms. The van der Waals surface area contributed by atoms with Crippen molar-refractivity contribution in [2.45, 2.75) is 13.0 Å². The number of nitrogens with one attached hydrogen (secondary N) is 1. The maximum atomic E-state index is 11.8. The van der Waals surface area contributed by atoms with Crippen molar-refractivity contribution in [3.8, 4) is 0 Å². The highest BCUT2D eigenvalue weighted by molar-refractivity contribution is 7.98. The summed E-state index contributed by atoms with van der Waals surface area (Å²) in [7, 11) is 1.73. The van der Waals surface area contributed by atoms with Crippen molar-refractivity contribution in [1.29, 1.82) is 0 Å². The maximum Gasteiger partial charge on any atom is 0.245 e. The third-order valence-electron chi connectivity index (χ3n) is 1.87. The van der Waals surface area contributed by atoms with Crippen LogP contribution in [-0.2, 0) is 9.59 Å². The van der Waals surface area contributed by atoms with Crippen LogP contribution in [0, 0.1) is 0 Å². The number of hydrogen-bond acceptors (Lipinski definition) is 4. The van der Waals surface area contributed by atoms with Gasteiger partial charge in [0, 0.05) is 32.0 Å². The summed E-state index contributed by atoms with van der Waals surface area (Å²) in [5.74, 6) is 0.916. The summed E-state index contributed by atoms with van der Waals surface area (Å²) < 4.78 is 0. The van der Waals surface area contributed by atoms with Gasteiger partial charge in [0.2, 0.25) is 11.8 Å². The van der Waals surface area contributed by atoms with E-state index in [1.54, 1.807) is 23.7 Å². The average Bonchev–Trinajstić information content (AvgIpc) is 2.21. The summed E-state index contributed by atoms with van der Waals surface area (Å²) in [5.41, 5.74) is 0. The lowest BCUT2D eigenvalue weighted by molar-refractivity contribution is -0.134. The number of thiol groups is 1. The fraction of sp³-hybridized carbons (Fsp3) is 0.778. The monoisotopic (exact) mass is 250 g/mol. The van der Waals surface area contributed by atoms with Crippen LogP contribution in [0.4, 0.5) is 0 Å². The van der Waals surface area contributed by atoms with Crippen LogP contribution in [0.15, 0.2) is 0 Å². The van der Waals surface area contributed by atoms with Gasteiger partial charge in [0.15, 0.2) is 0 Å². The minimum atomic E-state index is -0.516. The van der Waals surface area contributed by atoms with Crippen molar-refractivity contribution in [2.24, 2.45) is 0 Å². The van der Waals surface area contributed by atoms with Gasteiger partial charge >= 0.3 is 0 Å². The second kappa shape index (κ2) is 7.87. The summed E-state index contributed by atoms with van der Waals surface area (Å²) in [4.78, 5) is 24.2. The molecule has 0 aliphatic heterocycles. The molecule has 2 amide bonds. The maximum absolute atomic E-state index is 11.8. The Morgan fingerprint density at radius 1 is 1.53 bits per heavy atom. The number of nitrogens with zero attached hydrogens (tertiary/aromatic N) is 1. The molecule has 88 valence electrons. The average molecular weight is 250 g/mol. The van der Waals surface area contributed by atoms with Crippen LogP contribution in [0.5, 0.6) is 0 Å². The van der Waals surface area contributed by atoms with Crippen molar-refractivity contribution in [3.63, 3.8) is 0 Å². The van der Waals surface area contributed by atoms with E-state index in [9.17, 15) is 9.59 Å². The molecule has 0 rings (SSSR count). The van der Waals surface area contributed by atoms with Gasteiger partial charge in [-0.3, -0.25) is 9.59 Å². The molecule has 0 aromatic heterocycles. The second-order valence-corrected chi connectivity index (χ2v) is 4.54. The predicted molar refractivity (Wildman–Crippen MR) is 67.5 cm³/mol. The summed E-state index contributed by atoms with van der Waals surface area (Å²) in [6.07, 6.45) is 1.99. The zero-order chi connectivity index (χ0) is 11.8. The first-order valence-electron chi connectivity index (χ1n) is 4.64. The quantitative estimate of drug-likeness (QED) is 0.664. The third kappa shape index (κ3) is 5.94. The van der Waals surface area contributed by atoms with Gasteiger partial charge in [0.1, 0.15) is 6.04 Å². The van der Waals surface area contributed by atoms with Crippen molar-refractivity contribution in [2.75, 3.05) is 31.4 Å². The van der Waals surface area contributed by atoms with Crippen LogP contribution >= 0.6 is 24.4 Å². The number of hydrogen-bond donors (Lipinski definition) is 2. The SMILES string of the molecule is CSCCN(C)C(=O)C(CS)NC(C)=O. The number of amides is 2. The zero-order valence-electron chi connectivity index (χ0n) is 9.32. The van der Waals surface area contributed by atoms with Crippen LogP contribution < -0.4 is 5.32 Å². The van der Waals surface area contributed by atoms with Crippen LogP contribution in [0.25, 0.3) is 0 Å². The lowest BCUT2D eigenvalue weighted by Gasteiger charge is -2.22.